The number of piperidine rings is 1. The minimum absolute atomic E-state index is 0.00396. The largest absolute Gasteiger partial charge is 0.492 e. The molecule has 136 valence electrons. The van der Waals surface area contributed by atoms with Gasteiger partial charge in [0.2, 0.25) is 0 Å². The summed E-state index contributed by atoms with van der Waals surface area (Å²) in [7, 11) is 0. The molecule has 5 nitrogen and oxygen atoms in total. The maximum absolute atomic E-state index is 12.3. The number of rotatable bonds is 5. The summed E-state index contributed by atoms with van der Waals surface area (Å²) >= 11 is 5.88. The number of nitrogens with one attached hydrogen (secondary N) is 1. The third kappa shape index (κ3) is 3.64. The van der Waals surface area contributed by atoms with Crippen molar-refractivity contribution in [2.75, 3.05) is 26.2 Å². The number of aromatic nitrogens is 2. The van der Waals surface area contributed by atoms with Gasteiger partial charge in [0.05, 0.1) is 11.0 Å². The standard InChI is InChI=1S/C20H22ClN3O2/c21-15-5-7-17(8-6-15)26-14-13-23-11-9-16(10-12-23)24-19-4-2-1-3-18(19)22-20(24)25/h1-8,16H,9-14H2,(H,22,25). The molecular formula is C20H22ClN3O2. The van der Waals surface area contributed by atoms with Crippen molar-refractivity contribution in [3.8, 4) is 5.75 Å². The van der Waals surface area contributed by atoms with Crippen LogP contribution in [0.25, 0.3) is 11.0 Å². The molecule has 1 aromatic heterocycles. The summed E-state index contributed by atoms with van der Waals surface area (Å²) < 4.78 is 7.71. The lowest BCUT2D eigenvalue weighted by atomic mass is 10.0. The number of likely N-dealkylation sites (tertiary alicyclic amines) is 1. The Kier molecular flexibility index (Phi) is 5.00. The molecule has 0 aliphatic carbocycles. The van der Waals surface area contributed by atoms with Crippen molar-refractivity contribution in [3.63, 3.8) is 0 Å². The number of para-hydroxylation sites is 2. The van der Waals surface area contributed by atoms with Crippen LogP contribution in [0.2, 0.25) is 5.02 Å². The van der Waals surface area contributed by atoms with Crippen LogP contribution >= 0.6 is 11.6 Å². The number of H-pyrrole nitrogens is 1. The van der Waals surface area contributed by atoms with E-state index in [9.17, 15) is 4.79 Å². The highest BCUT2D eigenvalue weighted by atomic mass is 35.5. The van der Waals surface area contributed by atoms with E-state index in [1.165, 1.54) is 0 Å². The average Bonchev–Trinajstić information content (AvgIpc) is 3.00. The monoisotopic (exact) mass is 371 g/mol. The maximum atomic E-state index is 12.3. The highest BCUT2D eigenvalue weighted by Gasteiger charge is 2.23. The highest BCUT2D eigenvalue weighted by molar-refractivity contribution is 6.30. The summed E-state index contributed by atoms with van der Waals surface area (Å²) in [5, 5.41) is 0.715. The quantitative estimate of drug-likeness (QED) is 0.744. The highest BCUT2D eigenvalue weighted by Crippen LogP contribution is 2.24. The van der Waals surface area contributed by atoms with E-state index in [0.29, 0.717) is 11.6 Å². The van der Waals surface area contributed by atoms with Gasteiger partial charge in [-0.05, 0) is 49.2 Å². The first-order valence-corrected chi connectivity index (χ1v) is 9.38. The number of fused-ring (bicyclic) bond motifs is 1. The fourth-order valence-electron chi connectivity index (χ4n) is 3.66. The predicted molar refractivity (Wildman–Crippen MR) is 104 cm³/mol. The Balaban J connectivity index is 1.32. The van der Waals surface area contributed by atoms with Crippen molar-refractivity contribution in [2.24, 2.45) is 0 Å². The lowest BCUT2D eigenvalue weighted by molar-refractivity contribution is 0.157. The second kappa shape index (κ2) is 7.56. The van der Waals surface area contributed by atoms with Gasteiger partial charge in [-0.3, -0.25) is 9.47 Å². The van der Waals surface area contributed by atoms with Crippen LogP contribution in [0.3, 0.4) is 0 Å². The first-order valence-electron chi connectivity index (χ1n) is 9.01. The van der Waals surface area contributed by atoms with Crippen molar-refractivity contribution in [1.82, 2.24) is 14.5 Å². The van der Waals surface area contributed by atoms with Crippen LogP contribution < -0.4 is 10.4 Å². The SMILES string of the molecule is O=c1[nH]c2ccccc2n1C1CCN(CCOc2ccc(Cl)cc2)CC1. The van der Waals surface area contributed by atoms with Crippen LogP contribution in [0.5, 0.6) is 5.75 Å². The summed E-state index contributed by atoms with van der Waals surface area (Å²) in [6.07, 6.45) is 1.95. The van der Waals surface area contributed by atoms with Gasteiger partial charge in [-0.2, -0.15) is 0 Å². The fraction of sp³-hybridized carbons (Fsp3) is 0.350. The van der Waals surface area contributed by atoms with Gasteiger partial charge in [0.15, 0.2) is 0 Å². The van der Waals surface area contributed by atoms with Gasteiger partial charge in [-0.25, -0.2) is 4.79 Å². The van der Waals surface area contributed by atoms with Crippen LogP contribution in [0.4, 0.5) is 0 Å². The molecule has 1 aliphatic rings. The first kappa shape index (κ1) is 17.2. The van der Waals surface area contributed by atoms with Gasteiger partial charge in [0.25, 0.3) is 0 Å². The van der Waals surface area contributed by atoms with E-state index < -0.39 is 0 Å². The van der Waals surface area contributed by atoms with Gasteiger partial charge in [0, 0.05) is 30.7 Å². The van der Waals surface area contributed by atoms with Gasteiger partial charge >= 0.3 is 5.69 Å². The predicted octanol–water partition coefficient (Wildman–Crippen LogP) is 3.70. The summed E-state index contributed by atoms with van der Waals surface area (Å²) in [5.41, 5.74) is 1.91. The van der Waals surface area contributed by atoms with E-state index in [4.69, 9.17) is 16.3 Å². The van der Waals surface area contributed by atoms with Crippen molar-refractivity contribution >= 4 is 22.6 Å². The van der Waals surface area contributed by atoms with E-state index in [0.717, 1.165) is 49.3 Å². The molecule has 0 radical (unpaired) electrons. The molecule has 6 heteroatoms. The molecule has 0 bridgehead atoms. The zero-order valence-electron chi connectivity index (χ0n) is 14.5. The Morgan fingerprint density at radius 2 is 1.81 bits per heavy atom. The lowest BCUT2D eigenvalue weighted by Crippen LogP contribution is -2.38. The van der Waals surface area contributed by atoms with Gasteiger partial charge in [0.1, 0.15) is 12.4 Å². The van der Waals surface area contributed by atoms with E-state index in [2.05, 4.69) is 9.88 Å². The number of ether oxygens (including phenoxy) is 1. The molecule has 26 heavy (non-hydrogen) atoms. The van der Waals surface area contributed by atoms with Crippen molar-refractivity contribution in [2.45, 2.75) is 18.9 Å². The summed E-state index contributed by atoms with van der Waals surface area (Å²) in [4.78, 5) is 17.7. The average molecular weight is 372 g/mol. The fourth-order valence-corrected chi connectivity index (χ4v) is 3.79. The Morgan fingerprint density at radius 1 is 1.08 bits per heavy atom. The van der Waals surface area contributed by atoms with E-state index in [1.807, 2.05) is 53.1 Å². The number of benzene rings is 2. The number of hydrogen-bond acceptors (Lipinski definition) is 3. The third-order valence-electron chi connectivity index (χ3n) is 5.04. The van der Waals surface area contributed by atoms with Crippen LogP contribution in [0.1, 0.15) is 18.9 Å². The van der Waals surface area contributed by atoms with Crippen molar-refractivity contribution in [1.29, 1.82) is 0 Å². The second-order valence-corrected chi connectivity index (χ2v) is 7.13. The molecule has 1 saturated heterocycles. The maximum Gasteiger partial charge on any atom is 0.326 e. The first-order chi connectivity index (χ1) is 12.7. The Morgan fingerprint density at radius 3 is 2.58 bits per heavy atom. The van der Waals surface area contributed by atoms with E-state index >= 15 is 0 Å². The topological polar surface area (TPSA) is 50.3 Å². The molecule has 2 heterocycles. The second-order valence-electron chi connectivity index (χ2n) is 6.69. The van der Waals surface area contributed by atoms with E-state index in [1.54, 1.807) is 0 Å². The summed E-state index contributed by atoms with van der Waals surface area (Å²) in [5.74, 6) is 0.842. The number of aromatic amines is 1. The molecule has 2 aromatic carbocycles. The Hall–Kier alpha value is -2.24. The van der Waals surface area contributed by atoms with Gasteiger partial charge < -0.3 is 9.72 Å². The lowest BCUT2D eigenvalue weighted by Gasteiger charge is -2.32. The number of imidazole rings is 1. The van der Waals surface area contributed by atoms with Crippen molar-refractivity contribution in [3.05, 3.63) is 64.0 Å². The van der Waals surface area contributed by atoms with Gasteiger partial charge in [-0.15, -0.1) is 0 Å². The third-order valence-corrected chi connectivity index (χ3v) is 5.29. The summed E-state index contributed by atoms with van der Waals surface area (Å²) in [6.45, 7) is 3.48. The zero-order valence-corrected chi connectivity index (χ0v) is 15.3. The smallest absolute Gasteiger partial charge is 0.326 e. The molecule has 0 atom stereocenters. The molecule has 1 aliphatic heterocycles. The molecule has 0 amide bonds. The number of nitrogens with zero attached hydrogens (tertiary/aromatic N) is 2. The Bertz CT molecular complexity index is 924. The number of halogens is 1. The molecule has 1 fully saturated rings. The Labute approximate surface area is 157 Å². The van der Waals surface area contributed by atoms with Crippen LogP contribution in [-0.4, -0.2) is 40.7 Å². The van der Waals surface area contributed by atoms with Crippen LogP contribution in [-0.2, 0) is 0 Å². The molecular weight excluding hydrogens is 350 g/mol. The zero-order chi connectivity index (χ0) is 17.9. The molecule has 1 N–H and O–H groups in total. The number of hydrogen-bond donors (Lipinski definition) is 1. The van der Waals surface area contributed by atoms with Gasteiger partial charge in [-0.1, -0.05) is 23.7 Å². The molecule has 0 saturated carbocycles. The summed E-state index contributed by atoms with van der Waals surface area (Å²) in [6, 6.07) is 15.6. The molecule has 0 spiro atoms. The van der Waals surface area contributed by atoms with Crippen LogP contribution in [0, 0.1) is 0 Å². The van der Waals surface area contributed by atoms with Crippen LogP contribution in [0.15, 0.2) is 53.3 Å². The van der Waals surface area contributed by atoms with E-state index in [-0.39, 0.29) is 11.7 Å². The molecule has 3 aromatic rings. The molecule has 0 unspecified atom stereocenters. The van der Waals surface area contributed by atoms with Crippen molar-refractivity contribution < 1.29 is 4.74 Å². The normalized spacial score (nSPS) is 16.2. The minimum atomic E-state index is -0.00396. The molecule has 4 rings (SSSR count). The minimum Gasteiger partial charge on any atom is -0.492 e.